The van der Waals surface area contributed by atoms with Crippen LogP contribution in [0.15, 0.2) is 24.3 Å². The zero-order valence-electron chi connectivity index (χ0n) is 13.4. The Morgan fingerprint density at radius 3 is 2.52 bits per heavy atom. The SMILES string of the molecule is CCC(NC)c1ccc(N2CCCN(CCO)CC2)cc1. The second-order valence-corrected chi connectivity index (χ2v) is 5.75. The van der Waals surface area contributed by atoms with Crippen molar-refractivity contribution in [1.29, 1.82) is 0 Å². The predicted molar refractivity (Wildman–Crippen MR) is 88.9 cm³/mol. The van der Waals surface area contributed by atoms with Crippen molar-refractivity contribution in [2.45, 2.75) is 25.8 Å². The highest BCUT2D eigenvalue weighted by Gasteiger charge is 2.15. The van der Waals surface area contributed by atoms with E-state index in [1.807, 2.05) is 7.05 Å². The number of benzene rings is 1. The summed E-state index contributed by atoms with van der Waals surface area (Å²) in [4.78, 5) is 4.81. The quantitative estimate of drug-likeness (QED) is 0.839. The molecule has 1 aliphatic heterocycles. The molecule has 1 aromatic rings. The first-order valence-electron chi connectivity index (χ1n) is 8.14. The van der Waals surface area contributed by atoms with Gasteiger partial charge in [-0.1, -0.05) is 19.1 Å². The van der Waals surface area contributed by atoms with Crippen molar-refractivity contribution < 1.29 is 5.11 Å². The molecule has 1 heterocycles. The van der Waals surface area contributed by atoms with Gasteiger partial charge in [0.1, 0.15) is 0 Å². The average molecular weight is 291 g/mol. The molecule has 4 nitrogen and oxygen atoms in total. The Balaban J connectivity index is 1.98. The number of aliphatic hydroxyl groups excluding tert-OH is 1. The van der Waals surface area contributed by atoms with Crippen molar-refractivity contribution in [3.05, 3.63) is 29.8 Å². The van der Waals surface area contributed by atoms with Gasteiger partial charge in [0, 0.05) is 37.9 Å². The molecular weight excluding hydrogens is 262 g/mol. The van der Waals surface area contributed by atoms with Crippen molar-refractivity contribution in [2.24, 2.45) is 0 Å². The molecule has 118 valence electrons. The maximum absolute atomic E-state index is 9.06. The van der Waals surface area contributed by atoms with Gasteiger partial charge in [0.2, 0.25) is 0 Å². The third kappa shape index (κ3) is 4.43. The van der Waals surface area contributed by atoms with Gasteiger partial charge < -0.3 is 15.3 Å². The third-order valence-corrected chi connectivity index (χ3v) is 4.42. The van der Waals surface area contributed by atoms with Gasteiger partial charge in [-0.25, -0.2) is 0 Å². The topological polar surface area (TPSA) is 38.7 Å². The number of anilines is 1. The first-order chi connectivity index (χ1) is 10.3. The number of β-amino-alcohol motifs (C(OH)–C–C–N with tert-alkyl or cyclic N) is 1. The van der Waals surface area contributed by atoms with Gasteiger partial charge in [-0.2, -0.15) is 0 Å². The van der Waals surface area contributed by atoms with Crippen molar-refractivity contribution in [2.75, 3.05) is 51.3 Å². The highest BCUT2D eigenvalue weighted by Crippen LogP contribution is 2.22. The Kier molecular flexibility index (Phi) is 6.49. The summed E-state index contributed by atoms with van der Waals surface area (Å²) in [7, 11) is 2.02. The van der Waals surface area contributed by atoms with Gasteiger partial charge in [-0.05, 0) is 44.1 Å². The highest BCUT2D eigenvalue weighted by molar-refractivity contribution is 5.48. The van der Waals surface area contributed by atoms with Crippen LogP contribution in [0.4, 0.5) is 5.69 Å². The van der Waals surface area contributed by atoms with E-state index in [1.54, 1.807) is 0 Å². The molecule has 2 rings (SSSR count). The van der Waals surface area contributed by atoms with Crippen LogP contribution in [0.5, 0.6) is 0 Å². The van der Waals surface area contributed by atoms with Crippen LogP contribution in [0, 0.1) is 0 Å². The normalized spacial score (nSPS) is 18.5. The molecule has 1 fully saturated rings. The van der Waals surface area contributed by atoms with E-state index in [0.717, 1.165) is 45.6 Å². The molecule has 1 saturated heterocycles. The fourth-order valence-corrected chi connectivity index (χ4v) is 3.12. The van der Waals surface area contributed by atoms with Crippen LogP contribution in [-0.4, -0.2) is 56.4 Å². The van der Waals surface area contributed by atoms with Crippen LogP contribution < -0.4 is 10.2 Å². The zero-order valence-corrected chi connectivity index (χ0v) is 13.4. The molecule has 1 aliphatic rings. The Labute approximate surface area is 128 Å². The molecule has 0 saturated carbocycles. The van der Waals surface area contributed by atoms with Gasteiger partial charge in [-0.3, -0.25) is 4.90 Å². The van der Waals surface area contributed by atoms with E-state index in [9.17, 15) is 0 Å². The lowest BCUT2D eigenvalue weighted by molar-refractivity contribution is 0.204. The summed E-state index contributed by atoms with van der Waals surface area (Å²) in [5.74, 6) is 0. The van der Waals surface area contributed by atoms with E-state index in [-0.39, 0.29) is 6.61 Å². The fourth-order valence-electron chi connectivity index (χ4n) is 3.12. The van der Waals surface area contributed by atoms with Crippen LogP contribution >= 0.6 is 0 Å². The van der Waals surface area contributed by atoms with Crippen LogP contribution in [-0.2, 0) is 0 Å². The minimum absolute atomic E-state index is 0.261. The van der Waals surface area contributed by atoms with Gasteiger partial charge in [0.15, 0.2) is 0 Å². The van der Waals surface area contributed by atoms with Gasteiger partial charge in [0.05, 0.1) is 6.61 Å². The van der Waals surface area contributed by atoms with Crippen molar-refractivity contribution in [3.63, 3.8) is 0 Å². The van der Waals surface area contributed by atoms with Gasteiger partial charge in [0.25, 0.3) is 0 Å². The third-order valence-electron chi connectivity index (χ3n) is 4.42. The zero-order chi connectivity index (χ0) is 15.1. The van der Waals surface area contributed by atoms with Crippen LogP contribution in [0.1, 0.15) is 31.4 Å². The number of hydrogen-bond acceptors (Lipinski definition) is 4. The second kappa shape index (κ2) is 8.37. The number of aliphatic hydroxyl groups is 1. The van der Waals surface area contributed by atoms with Crippen LogP contribution in [0.3, 0.4) is 0 Å². The lowest BCUT2D eigenvalue weighted by Crippen LogP contribution is -2.32. The Morgan fingerprint density at radius 2 is 1.90 bits per heavy atom. The maximum Gasteiger partial charge on any atom is 0.0558 e. The summed E-state index contributed by atoms with van der Waals surface area (Å²) in [6.45, 7) is 7.54. The summed E-state index contributed by atoms with van der Waals surface area (Å²) in [5.41, 5.74) is 2.68. The highest BCUT2D eigenvalue weighted by atomic mass is 16.3. The number of rotatable bonds is 6. The maximum atomic E-state index is 9.06. The smallest absolute Gasteiger partial charge is 0.0558 e. The summed E-state index contributed by atoms with van der Waals surface area (Å²) >= 11 is 0. The fraction of sp³-hybridized carbons (Fsp3) is 0.647. The molecule has 0 bridgehead atoms. The molecule has 4 heteroatoms. The average Bonchev–Trinajstić information content (AvgIpc) is 2.75. The Morgan fingerprint density at radius 1 is 1.14 bits per heavy atom. The Bertz CT molecular complexity index is 403. The second-order valence-electron chi connectivity index (χ2n) is 5.75. The lowest BCUT2D eigenvalue weighted by atomic mass is 10.0. The van der Waals surface area contributed by atoms with Crippen LogP contribution in [0.2, 0.25) is 0 Å². The molecule has 0 spiro atoms. The monoisotopic (exact) mass is 291 g/mol. The molecule has 21 heavy (non-hydrogen) atoms. The van der Waals surface area contributed by atoms with E-state index in [1.165, 1.54) is 11.3 Å². The van der Waals surface area contributed by atoms with Crippen molar-refractivity contribution in [3.8, 4) is 0 Å². The minimum Gasteiger partial charge on any atom is -0.395 e. The molecule has 0 radical (unpaired) electrons. The molecule has 0 amide bonds. The van der Waals surface area contributed by atoms with Crippen molar-refractivity contribution >= 4 is 5.69 Å². The summed E-state index contributed by atoms with van der Waals surface area (Å²) < 4.78 is 0. The standard InChI is InChI=1S/C17H29N3O/c1-3-17(18-2)15-5-7-16(8-6-15)20-10-4-9-19(11-12-20)13-14-21/h5-8,17-18,21H,3-4,9-14H2,1-2H3. The predicted octanol–water partition coefficient (Wildman–Crippen LogP) is 1.86. The largest absolute Gasteiger partial charge is 0.395 e. The Hall–Kier alpha value is -1.10. The number of nitrogens with one attached hydrogen (secondary N) is 1. The van der Waals surface area contributed by atoms with E-state index >= 15 is 0 Å². The minimum atomic E-state index is 0.261. The molecular formula is C17H29N3O. The molecule has 1 unspecified atom stereocenters. The van der Waals surface area contributed by atoms with Gasteiger partial charge in [-0.15, -0.1) is 0 Å². The first-order valence-corrected chi connectivity index (χ1v) is 8.14. The lowest BCUT2D eigenvalue weighted by Gasteiger charge is -2.24. The van der Waals surface area contributed by atoms with E-state index in [0.29, 0.717) is 6.04 Å². The number of hydrogen-bond donors (Lipinski definition) is 2. The summed E-state index contributed by atoms with van der Waals surface area (Å²) in [5, 5.41) is 12.4. The van der Waals surface area contributed by atoms with E-state index in [4.69, 9.17) is 5.11 Å². The molecule has 1 aromatic carbocycles. The molecule has 0 aromatic heterocycles. The summed E-state index contributed by atoms with van der Waals surface area (Å²) in [6, 6.07) is 9.43. The first kappa shape index (κ1) is 16.3. The summed E-state index contributed by atoms with van der Waals surface area (Å²) in [6.07, 6.45) is 2.27. The molecule has 1 atom stereocenters. The van der Waals surface area contributed by atoms with E-state index in [2.05, 4.69) is 46.3 Å². The van der Waals surface area contributed by atoms with Gasteiger partial charge >= 0.3 is 0 Å². The van der Waals surface area contributed by atoms with E-state index < -0.39 is 0 Å². The molecule has 2 N–H and O–H groups in total. The van der Waals surface area contributed by atoms with Crippen molar-refractivity contribution in [1.82, 2.24) is 10.2 Å². The number of nitrogens with zero attached hydrogens (tertiary/aromatic N) is 2. The molecule has 0 aliphatic carbocycles. The van der Waals surface area contributed by atoms with Crippen LogP contribution in [0.25, 0.3) is 0 Å².